The molecule has 0 amide bonds. The van der Waals surface area contributed by atoms with Crippen LogP contribution in [0.15, 0.2) is 0 Å². The van der Waals surface area contributed by atoms with Gasteiger partial charge in [0.15, 0.2) is 0 Å². The lowest BCUT2D eigenvalue weighted by Crippen LogP contribution is -2.55. The third kappa shape index (κ3) is 3.80. The van der Waals surface area contributed by atoms with Gasteiger partial charge < -0.3 is 9.84 Å². The fourth-order valence-electron chi connectivity index (χ4n) is 4.19. The van der Waals surface area contributed by atoms with Crippen LogP contribution in [0.25, 0.3) is 0 Å². The summed E-state index contributed by atoms with van der Waals surface area (Å²) in [5, 5.41) is 10.5. The number of ether oxygens (including phenoxy) is 1. The van der Waals surface area contributed by atoms with Crippen molar-refractivity contribution in [3.8, 4) is 0 Å². The van der Waals surface area contributed by atoms with Crippen LogP contribution in [0, 0.1) is 17.3 Å². The van der Waals surface area contributed by atoms with E-state index in [9.17, 15) is 5.11 Å². The molecule has 124 valence electrons. The smallest absolute Gasteiger partial charge is 0.0724 e. The average Bonchev–Trinajstić information content (AvgIpc) is 2.48. The molecule has 21 heavy (non-hydrogen) atoms. The molecule has 1 saturated carbocycles. The van der Waals surface area contributed by atoms with Gasteiger partial charge in [-0.05, 0) is 49.5 Å². The minimum Gasteiger partial charge on any atom is -0.391 e. The van der Waals surface area contributed by atoms with E-state index in [2.05, 4.69) is 32.6 Å². The highest BCUT2D eigenvalue weighted by Crippen LogP contribution is 2.42. The van der Waals surface area contributed by atoms with E-state index < -0.39 is 0 Å². The normalized spacial score (nSPS) is 39.4. The van der Waals surface area contributed by atoms with Crippen molar-refractivity contribution in [3.63, 3.8) is 0 Å². The SMILES string of the molecule is CCC(C)(C)C1CCC(O)C(N2CCC(C)C(OC)C2)C1. The van der Waals surface area contributed by atoms with Crippen molar-refractivity contribution in [2.24, 2.45) is 17.3 Å². The Balaban J connectivity index is 2.03. The van der Waals surface area contributed by atoms with Crippen molar-refractivity contribution in [1.29, 1.82) is 0 Å². The Bertz CT molecular complexity index is 331. The number of hydrogen-bond donors (Lipinski definition) is 1. The molecule has 1 heterocycles. The molecule has 3 heteroatoms. The Hall–Kier alpha value is -0.120. The second-order valence-corrected chi connectivity index (χ2v) is 8.02. The minimum atomic E-state index is -0.153. The molecule has 0 aromatic rings. The summed E-state index contributed by atoms with van der Waals surface area (Å²) in [6, 6.07) is 0.333. The second-order valence-electron chi connectivity index (χ2n) is 8.02. The van der Waals surface area contributed by atoms with Gasteiger partial charge in [0.05, 0.1) is 12.2 Å². The quantitative estimate of drug-likeness (QED) is 0.864. The zero-order valence-electron chi connectivity index (χ0n) is 14.6. The lowest BCUT2D eigenvalue weighted by atomic mass is 9.67. The summed E-state index contributed by atoms with van der Waals surface area (Å²) in [6.07, 6.45) is 5.86. The van der Waals surface area contributed by atoms with Gasteiger partial charge in [-0.25, -0.2) is 0 Å². The molecule has 5 unspecified atom stereocenters. The molecule has 0 aromatic heterocycles. The highest BCUT2D eigenvalue weighted by molar-refractivity contribution is 4.94. The van der Waals surface area contributed by atoms with E-state index in [1.807, 2.05) is 7.11 Å². The van der Waals surface area contributed by atoms with Crippen LogP contribution in [0.4, 0.5) is 0 Å². The van der Waals surface area contributed by atoms with Crippen LogP contribution in [0.3, 0.4) is 0 Å². The maximum Gasteiger partial charge on any atom is 0.0724 e. The Morgan fingerprint density at radius 1 is 1.24 bits per heavy atom. The van der Waals surface area contributed by atoms with Crippen molar-refractivity contribution in [2.75, 3.05) is 20.2 Å². The molecule has 3 nitrogen and oxygen atoms in total. The Kier molecular flexibility index (Phi) is 5.72. The van der Waals surface area contributed by atoms with E-state index in [1.54, 1.807) is 0 Å². The molecule has 1 N–H and O–H groups in total. The number of likely N-dealkylation sites (tertiary alicyclic amines) is 1. The maximum absolute atomic E-state index is 10.5. The average molecular weight is 297 g/mol. The first-order chi connectivity index (χ1) is 9.89. The van der Waals surface area contributed by atoms with Crippen molar-refractivity contribution >= 4 is 0 Å². The number of methoxy groups -OCH3 is 1. The summed E-state index contributed by atoms with van der Waals surface area (Å²) in [5.74, 6) is 1.37. The zero-order chi connectivity index (χ0) is 15.6. The molecule has 1 saturated heterocycles. The second kappa shape index (κ2) is 6.97. The molecular weight excluding hydrogens is 262 g/mol. The van der Waals surface area contributed by atoms with Gasteiger partial charge >= 0.3 is 0 Å². The zero-order valence-corrected chi connectivity index (χ0v) is 14.6. The molecule has 1 aliphatic carbocycles. The van der Waals surface area contributed by atoms with Crippen LogP contribution in [0.5, 0.6) is 0 Å². The molecule has 5 atom stereocenters. The van der Waals surface area contributed by atoms with Gasteiger partial charge in [0.25, 0.3) is 0 Å². The van der Waals surface area contributed by atoms with Gasteiger partial charge in [0.2, 0.25) is 0 Å². The summed E-state index contributed by atoms with van der Waals surface area (Å²) in [4.78, 5) is 2.51. The third-order valence-electron chi connectivity index (χ3n) is 6.49. The first kappa shape index (κ1) is 17.2. The number of nitrogens with zero attached hydrogens (tertiary/aromatic N) is 1. The molecule has 1 aliphatic heterocycles. The summed E-state index contributed by atoms with van der Waals surface area (Å²) in [7, 11) is 1.82. The van der Waals surface area contributed by atoms with Gasteiger partial charge in [-0.15, -0.1) is 0 Å². The molecule has 0 aromatic carbocycles. The first-order valence-electron chi connectivity index (χ1n) is 8.84. The van der Waals surface area contributed by atoms with E-state index in [0.29, 0.717) is 23.5 Å². The molecular formula is C18H35NO2. The van der Waals surface area contributed by atoms with Gasteiger partial charge in [0.1, 0.15) is 0 Å². The monoisotopic (exact) mass is 297 g/mol. The van der Waals surface area contributed by atoms with E-state index in [1.165, 1.54) is 19.3 Å². The van der Waals surface area contributed by atoms with Crippen LogP contribution in [-0.2, 0) is 4.74 Å². The topological polar surface area (TPSA) is 32.7 Å². The van der Waals surface area contributed by atoms with Crippen molar-refractivity contribution < 1.29 is 9.84 Å². The van der Waals surface area contributed by atoms with Crippen LogP contribution < -0.4 is 0 Å². The molecule has 2 fully saturated rings. The van der Waals surface area contributed by atoms with Crippen LogP contribution in [-0.4, -0.2) is 48.5 Å². The lowest BCUT2D eigenvalue weighted by molar-refractivity contribution is -0.0697. The number of hydrogen-bond acceptors (Lipinski definition) is 3. The van der Waals surface area contributed by atoms with E-state index >= 15 is 0 Å². The maximum atomic E-state index is 10.5. The molecule has 0 spiro atoms. The standard InChI is InChI=1S/C18H35NO2/c1-6-18(3,4)14-7-8-16(20)15(11-14)19-10-9-13(2)17(12-19)21-5/h13-17,20H,6-12H2,1-5H3. The molecule has 0 bridgehead atoms. The van der Waals surface area contributed by atoms with Gasteiger partial charge in [-0.3, -0.25) is 4.90 Å². The van der Waals surface area contributed by atoms with E-state index in [0.717, 1.165) is 31.8 Å². The third-order valence-corrected chi connectivity index (χ3v) is 6.49. The van der Waals surface area contributed by atoms with Crippen LogP contribution >= 0.6 is 0 Å². The van der Waals surface area contributed by atoms with Crippen molar-refractivity contribution in [2.45, 2.75) is 78.0 Å². The first-order valence-corrected chi connectivity index (χ1v) is 8.84. The molecule has 0 radical (unpaired) electrons. The van der Waals surface area contributed by atoms with Gasteiger partial charge in [-0.1, -0.05) is 34.1 Å². The molecule has 2 rings (SSSR count). The lowest BCUT2D eigenvalue weighted by Gasteiger charge is -2.48. The van der Waals surface area contributed by atoms with Gasteiger partial charge in [0, 0.05) is 19.7 Å². The van der Waals surface area contributed by atoms with Crippen molar-refractivity contribution in [1.82, 2.24) is 4.90 Å². The van der Waals surface area contributed by atoms with Crippen molar-refractivity contribution in [3.05, 3.63) is 0 Å². The van der Waals surface area contributed by atoms with Crippen LogP contribution in [0.2, 0.25) is 0 Å². The Morgan fingerprint density at radius 2 is 1.95 bits per heavy atom. The summed E-state index contributed by atoms with van der Waals surface area (Å²) in [6.45, 7) is 11.5. The predicted octanol–water partition coefficient (Wildman–Crippen LogP) is 3.31. The summed E-state index contributed by atoms with van der Waals surface area (Å²) >= 11 is 0. The van der Waals surface area contributed by atoms with E-state index in [-0.39, 0.29) is 6.10 Å². The fourth-order valence-corrected chi connectivity index (χ4v) is 4.19. The number of aliphatic hydroxyl groups is 1. The minimum absolute atomic E-state index is 0.153. The highest BCUT2D eigenvalue weighted by Gasteiger charge is 2.40. The van der Waals surface area contributed by atoms with Gasteiger partial charge in [-0.2, -0.15) is 0 Å². The number of piperidine rings is 1. The highest BCUT2D eigenvalue weighted by atomic mass is 16.5. The fraction of sp³-hybridized carbons (Fsp3) is 1.00. The Labute approximate surface area is 131 Å². The largest absolute Gasteiger partial charge is 0.391 e. The van der Waals surface area contributed by atoms with E-state index in [4.69, 9.17) is 4.74 Å². The molecule has 2 aliphatic rings. The summed E-state index contributed by atoms with van der Waals surface area (Å²) in [5.41, 5.74) is 0.391. The Morgan fingerprint density at radius 3 is 2.57 bits per heavy atom. The predicted molar refractivity (Wildman–Crippen MR) is 87.4 cm³/mol. The van der Waals surface area contributed by atoms with Crippen LogP contribution in [0.1, 0.15) is 59.8 Å². The number of aliphatic hydroxyl groups excluding tert-OH is 1. The number of rotatable bonds is 4. The summed E-state index contributed by atoms with van der Waals surface area (Å²) < 4.78 is 5.65.